The van der Waals surface area contributed by atoms with Gasteiger partial charge in [-0.15, -0.1) is 9.24 Å². The molecule has 2 unspecified atom stereocenters. The van der Waals surface area contributed by atoms with Crippen molar-refractivity contribution < 1.29 is 4.79 Å². The van der Waals surface area contributed by atoms with Crippen LogP contribution in [0.25, 0.3) is 0 Å². The molecule has 0 spiro atoms. The average molecular weight is 365 g/mol. The van der Waals surface area contributed by atoms with E-state index in [1.54, 1.807) is 0 Å². The number of rotatable bonds is 12. The average Bonchev–Trinajstić information content (AvgIpc) is 2.68. The summed E-state index contributed by atoms with van der Waals surface area (Å²) in [6, 6.07) is 8.65. The zero-order chi connectivity index (χ0) is 19.1. The molecule has 0 aromatic heterocycles. The highest BCUT2D eigenvalue weighted by atomic mass is 31.0. The van der Waals surface area contributed by atoms with E-state index in [1.165, 1.54) is 49.7 Å². The van der Waals surface area contributed by atoms with E-state index in [9.17, 15) is 4.79 Å². The third-order valence-corrected chi connectivity index (χ3v) is 5.30. The Kier molecular flexibility index (Phi) is 15.1. The Morgan fingerprint density at radius 3 is 2.12 bits per heavy atom. The van der Waals surface area contributed by atoms with Crippen LogP contribution in [0, 0.1) is 5.92 Å². The van der Waals surface area contributed by atoms with Gasteiger partial charge in [0.25, 0.3) is 0 Å². The first-order valence-electron chi connectivity index (χ1n) is 10.5. The smallest absolute Gasteiger partial charge is 0.140 e. The molecule has 0 radical (unpaired) electrons. The minimum atomic E-state index is 0.0928. The van der Waals surface area contributed by atoms with Crippen molar-refractivity contribution in [3.05, 3.63) is 35.4 Å². The van der Waals surface area contributed by atoms with Gasteiger partial charge in [-0.1, -0.05) is 97.4 Å². The predicted molar refractivity (Wildman–Crippen MR) is 116 cm³/mol. The number of carbonyl (C=O) groups excluding carboxylic acids is 1. The minimum Gasteiger partial charge on any atom is -0.299 e. The van der Waals surface area contributed by atoms with Crippen LogP contribution in [-0.2, 0) is 11.0 Å². The minimum absolute atomic E-state index is 0.0928. The number of benzene rings is 1. The predicted octanol–water partition coefficient (Wildman–Crippen LogP) is 7.54. The molecule has 0 aliphatic heterocycles. The van der Waals surface area contributed by atoms with Crippen LogP contribution in [0.4, 0.5) is 0 Å². The summed E-state index contributed by atoms with van der Waals surface area (Å²) in [7, 11) is 2.78. The summed E-state index contributed by atoms with van der Waals surface area (Å²) in [4.78, 5) is 12.6. The summed E-state index contributed by atoms with van der Waals surface area (Å²) >= 11 is 0. The number of hydrogen-bond acceptors (Lipinski definition) is 1. The number of Topliss-reactive ketones (excluding diaryl/α,β-unsaturated/α-hetero) is 1. The van der Waals surface area contributed by atoms with Crippen molar-refractivity contribution in [1.29, 1.82) is 0 Å². The fourth-order valence-electron chi connectivity index (χ4n) is 3.34. The summed E-state index contributed by atoms with van der Waals surface area (Å²) in [5.74, 6) is 1.19. The van der Waals surface area contributed by atoms with Crippen molar-refractivity contribution in [1.82, 2.24) is 0 Å². The second-order valence-corrected chi connectivity index (χ2v) is 7.12. The van der Waals surface area contributed by atoms with Gasteiger partial charge in [0.15, 0.2) is 0 Å². The van der Waals surface area contributed by atoms with Gasteiger partial charge in [-0.2, -0.15) is 0 Å². The fourth-order valence-corrected chi connectivity index (χ4v) is 3.59. The zero-order valence-electron chi connectivity index (χ0n) is 17.3. The third-order valence-electron chi connectivity index (χ3n) is 4.83. The van der Waals surface area contributed by atoms with E-state index in [-0.39, 0.29) is 5.92 Å². The lowest BCUT2D eigenvalue weighted by molar-refractivity contribution is -0.120. The maximum atomic E-state index is 12.6. The molecule has 0 fully saturated rings. The SMILES string of the molecule is CC.CCCCC(CCCC)CC(C(=O)CC)c1cccc(CP)c1. The van der Waals surface area contributed by atoms with Crippen LogP contribution in [0.5, 0.6) is 0 Å². The van der Waals surface area contributed by atoms with Crippen molar-refractivity contribution in [3.63, 3.8) is 0 Å². The van der Waals surface area contributed by atoms with Crippen molar-refractivity contribution in [2.24, 2.45) is 5.92 Å². The quantitative estimate of drug-likeness (QED) is 0.350. The number of carbonyl (C=O) groups is 1. The summed E-state index contributed by atoms with van der Waals surface area (Å²) in [5.41, 5.74) is 2.54. The van der Waals surface area contributed by atoms with Crippen LogP contribution in [0.15, 0.2) is 24.3 Å². The number of ketones is 1. The molecular formula is C23H41OP. The van der Waals surface area contributed by atoms with Gasteiger partial charge in [-0.25, -0.2) is 0 Å². The van der Waals surface area contributed by atoms with Crippen molar-refractivity contribution >= 4 is 15.0 Å². The summed E-state index contributed by atoms with van der Waals surface area (Å²) in [6.07, 6.45) is 10.2. The molecule has 1 aromatic rings. The van der Waals surface area contributed by atoms with E-state index in [0.29, 0.717) is 18.1 Å². The molecule has 0 amide bonds. The van der Waals surface area contributed by atoms with E-state index in [1.807, 2.05) is 20.8 Å². The highest BCUT2D eigenvalue weighted by molar-refractivity contribution is 7.15. The lowest BCUT2D eigenvalue weighted by atomic mass is 9.81. The Balaban J connectivity index is 0.00000277. The van der Waals surface area contributed by atoms with Gasteiger partial charge < -0.3 is 0 Å². The van der Waals surface area contributed by atoms with E-state index in [4.69, 9.17) is 0 Å². The molecule has 25 heavy (non-hydrogen) atoms. The van der Waals surface area contributed by atoms with Gasteiger partial charge in [0.2, 0.25) is 0 Å². The fraction of sp³-hybridized carbons (Fsp3) is 0.696. The summed E-state index contributed by atoms with van der Waals surface area (Å²) in [5, 5.41) is 0. The van der Waals surface area contributed by atoms with Crippen molar-refractivity contribution in [2.75, 3.05) is 0 Å². The molecule has 2 heteroatoms. The molecule has 0 saturated heterocycles. The van der Waals surface area contributed by atoms with Crippen LogP contribution >= 0.6 is 9.24 Å². The monoisotopic (exact) mass is 364 g/mol. The Morgan fingerprint density at radius 2 is 1.64 bits per heavy atom. The molecule has 1 nitrogen and oxygen atoms in total. The van der Waals surface area contributed by atoms with Crippen LogP contribution < -0.4 is 0 Å². The largest absolute Gasteiger partial charge is 0.299 e. The lowest BCUT2D eigenvalue weighted by Crippen LogP contribution is -2.17. The molecule has 0 aliphatic rings. The molecule has 0 saturated carbocycles. The first kappa shape index (κ1) is 24.3. The van der Waals surface area contributed by atoms with E-state index in [0.717, 1.165) is 12.6 Å². The number of unbranched alkanes of at least 4 members (excludes halogenated alkanes) is 2. The molecule has 0 aliphatic carbocycles. The van der Waals surface area contributed by atoms with E-state index < -0.39 is 0 Å². The molecule has 0 N–H and O–H groups in total. The van der Waals surface area contributed by atoms with Gasteiger partial charge >= 0.3 is 0 Å². The Labute approximate surface area is 159 Å². The Hall–Kier alpha value is -0.680. The van der Waals surface area contributed by atoms with Gasteiger partial charge in [0, 0.05) is 12.3 Å². The molecule has 2 atom stereocenters. The Bertz CT molecular complexity index is 447. The molecular weight excluding hydrogens is 323 g/mol. The van der Waals surface area contributed by atoms with Gasteiger partial charge in [-0.05, 0) is 29.6 Å². The van der Waals surface area contributed by atoms with Crippen LogP contribution in [-0.4, -0.2) is 5.78 Å². The second kappa shape index (κ2) is 15.6. The van der Waals surface area contributed by atoms with Crippen LogP contribution in [0.2, 0.25) is 0 Å². The maximum absolute atomic E-state index is 12.6. The molecule has 1 aromatic carbocycles. The molecule has 0 heterocycles. The molecule has 144 valence electrons. The zero-order valence-corrected chi connectivity index (χ0v) is 18.5. The molecule has 1 rings (SSSR count). The summed E-state index contributed by atoms with van der Waals surface area (Å²) in [6.45, 7) is 10.5. The van der Waals surface area contributed by atoms with Crippen LogP contribution in [0.1, 0.15) is 103 Å². The topological polar surface area (TPSA) is 17.1 Å². The maximum Gasteiger partial charge on any atom is 0.140 e. The standard InChI is InChI=1S/C21H35OP.C2H6/c1-4-7-10-17(11-8-5-2)15-20(21(22)6-3)19-13-9-12-18(14-19)16-23;1-2/h9,12-14,17,20H,4-8,10-11,15-16,23H2,1-3H3;1-2H3. The number of hydrogen-bond donors (Lipinski definition) is 0. The first-order chi connectivity index (χ1) is 12.2. The first-order valence-corrected chi connectivity index (χ1v) is 11.3. The van der Waals surface area contributed by atoms with E-state index in [2.05, 4.69) is 47.4 Å². The summed E-state index contributed by atoms with van der Waals surface area (Å²) < 4.78 is 0. The van der Waals surface area contributed by atoms with Gasteiger partial charge in [0.05, 0.1) is 0 Å². The van der Waals surface area contributed by atoms with Crippen molar-refractivity contribution in [3.8, 4) is 0 Å². The second-order valence-electron chi connectivity index (χ2n) is 6.71. The lowest BCUT2D eigenvalue weighted by Gasteiger charge is -2.23. The molecule has 0 bridgehead atoms. The van der Waals surface area contributed by atoms with Crippen LogP contribution in [0.3, 0.4) is 0 Å². The highest BCUT2D eigenvalue weighted by Gasteiger charge is 2.23. The normalized spacial score (nSPS) is 11.8. The highest BCUT2D eigenvalue weighted by Crippen LogP contribution is 2.32. The van der Waals surface area contributed by atoms with Crippen molar-refractivity contribution in [2.45, 2.75) is 98.1 Å². The van der Waals surface area contributed by atoms with Gasteiger partial charge in [0.1, 0.15) is 5.78 Å². The Morgan fingerprint density at radius 1 is 1.04 bits per heavy atom. The third kappa shape index (κ3) is 9.55. The van der Waals surface area contributed by atoms with Gasteiger partial charge in [-0.3, -0.25) is 4.79 Å². The van der Waals surface area contributed by atoms with E-state index >= 15 is 0 Å².